The Hall–Kier alpha value is -0.610. The molecule has 1 saturated heterocycles. The molecule has 1 aliphatic heterocycles. The zero-order valence-electron chi connectivity index (χ0n) is 11.0. The molecule has 1 heterocycles. The van der Waals surface area contributed by atoms with Gasteiger partial charge in [-0.1, -0.05) is 6.92 Å². The van der Waals surface area contributed by atoms with E-state index in [0.29, 0.717) is 6.42 Å². The van der Waals surface area contributed by atoms with E-state index in [4.69, 9.17) is 10.5 Å². The molecule has 0 radical (unpaired) electrons. The molecule has 1 aliphatic rings. The van der Waals surface area contributed by atoms with E-state index < -0.39 is 0 Å². The maximum Gasteiger partial charge on any atom is 0.234 e. The lowest BCUT2D eigenvalue weighted by Gasteiger charge is -2.29. The van der Waals surface area contributed by atoms with Crippen molar-refractivity contribution in [3.05, 3.63) is 0 Å². The normalized spacial score (nSPS) is 28.9. The second-order valence-electron chi connectivity index (χ2n) is 5.75. The average Bonchev–Trinajstić information content (AvgIpc) is 2.29. The summed E-state index contributed by atoms with van der Waals surface area (Å²) in [6, 6.07) is -0.0956. The Balaban J connectivity index is 2.70. The Morgan fingerprint density at radius 2 is 2.06 bits per heavy atom. The van der Waals surface area contributed by atoms with E-state index in [1.165, 1.54) is 0 Å². The number of hydrogen-bond donors (Lipinski definition) is 2. The fourth-order valence-corrected chi connectivity index (χ4v) is 2.47. The molecule has 1 rings (SSSR count). The number of hydrogen-bond acceptors (Lipinski definition) is 3. The lowest BCUT2D eigenvalue weighted by Crippen LogP contribution is -2.52. The molecular weight excluding hydrogens is 204 g/mol. The first kappa shape index (κ1) is 13.5. The van der Waals surface area contributed by atoms with E-state index in [9.17, 15) is 4.79 Å². The van der Waals surface area contributed by atoms with Crippen LogP contribution in [0.25, 0.3) is 0 Å². The highest BCUT2D eigenvalue weighted by atomic mass is 16.5. The largest absolute Gasteiger partial charge is 0.368 e. The molecular formula is C12H24N2O2. The van der Waals surface area contributed by atoms with Crippen molar-refractivity contribution >= 4 is 5.91 Å². The maximum atomic E-state index is 11.2. The Kier molecular flexibility index (Phi) is 3.65. The van der Waals surface area contributed by atoms with Gasteiger partial charge in [-0.05, 0) is 40.5 Å². The van der Waals surface area contributed by atoms with Crippen LogP contribution in [0.1, 0.15) is 47.5 Å². The Bertz CT molecular complexity index is 274. The van der Waals surface area contributed by atoms with Crippen molar-refractivity contribution in [3.63, 3.8) is 0 Å². The summed E-state index contributed by atoms with van der Waals surface area (Å²) in [5.74, 6) is -0.289. The standard InChI is InChI=1S/C12H24N2O2/c1-6-8(10(13)15)14-9-7-11(2,3)16-12(9,4)5/h8-9,14H,6-7H2,1-5H3,(H2,13,15)/t8-,9+/m0/s1. The minimum absolute atomic E-state index is 0.142. The molecule has 0 bridgehead atoms. The van der Waals surface area contributed by atoms with E-state index in [2.05, 4.69) is 19.2 Å². The summed E-state index contributed by atoms with van der Waals surface area (Å²) in [4.78, 5) is 11.2. The third kappa shape index (κ3) is 2.95. The van der Waals surface area contributed by atoms with Crippen molar-refractivity contribution in [2.45, 2.75) is 70.7 Å². The molecule has 4 nitrogen and oxygen atoms in total. The number of amides is 1. The molecule has 0 aromatic heterocycles. The van der Waals surface area contributed by atoms with Crippen LogP contribution in [0.2, 0.25) is 0 Å². The summed E-state index contributed by atoms with van der Waals surface area (Å²) in [5, 5.41) is 3.31. The van der Waals surface area contributed by atoms with E-state index >= 15 is 0 Å². The van der Waals surface area contributed by atoms with Crippen molar-refractivity contribution in [2.75, 3.05) is 0 Å². The smallest absolute Gasteiger partial charge is 0.234 e. The Morgan fingerprint density at radius 3 is 2.38 bits per heavy atom. The van der Waals surface area contributed by atoms with E-state index in [1.807, 2.05) is 20.8 Å². The van der Waals surface area contributed by atoms with Crippen LogP contribution < -0.4 is 11.1 Å². The van der Waals surface area contributed by atoms with Crippen LogP contribution in [0, 0.1) is 0 Å². The third-order valence-electron chi connectivity index (χ3n) is 3.23. The van der Waals surface area contributed by atoms with Crippen LogP contribution in [0.15, 0.2) is 0 Å². The van der Waals surface area contributed by atoms with Gasteiger partial charge in [-0.2, -0.15) is 0 Å². The summed E-state index contributed by atoms with van der Waals surface area (Å²) >= 11 is 0. The lowest BCUT2D eigenvalue weighted by atomic mass is 9.93. The fraction of sp³-hybridized carbons (Fsp3) is 0.917. The van der Waals surface area contributed by atoms with Crippen LogP contribution in [0.5, 0.6) is 0 Å². The summed E-state index contributed by atoms with van der Waals surface area (Å²) in [6.45, 7) is 10.2. The predicted octanol–water partition coefficient (Wildman–Crippen LogP) is 1.19. The summed E-state index contributed by atoms with van der Waals surface area (Å²) in [7, 11) is 0. The summed E-state index contributed by atoms with van der Waals surface area (Å²) in [6.07, 6.45) is 1.60. The van der Waals surface area contributed by atoms with Gasteiger partial charge in [0.1, 0.15) is 0 Å². The maximum absolute atomic E-state index is 11.2. The summed E-state index contributed by atoms with van der Waals surface area (Å²) in [5.41, 5.74) is 4.94. The SMILES string of the molecule is CC[C@H](N[C@@H]1CC(C)(C)OC1(C)C)C(N)=O. The Labute approximate surface area is 97.9 Å². The number of nitrogens with one attached hydrogen (secondary N) is 1. The van der Waals surface area contributed by atoms with Crippen LogP contribution >= 0.6 is 0 Å². The van der Waals surface area contributed by atoms with Crippen molar-refractivity contribution in [1.82, 2.24) is 5.32 Å². The predicted molar refractivity (Wildman–Crippen MR) is 64.1 cm³/mol. The molecule has 0 aromatic carbocycles. The molecule has 1 amide bonds. The van der Waals surface area contributed by atoms with Gasteiger partial charge in [0.15, 0.2) is 0 Å². The number of carbonyl (C=O) groups is 1. The first-order valence-corrected chi connectivity index (χ1v) is 5.93. The second kappa shape index (κ2) is 4.34. The topological polar surface area (TPSA) is 64.3 Å². The Morgan fingerprint density at radius 1 is 1.50 bits per heavy atom. The molecule has 2 atom stereocenters. The molecule has 3 N–H and O–H groups in total. The number of primary amides is 1. The first-order chi connectivity index (χ1) is 7.18. The zero-order chi connectivity index (χ0) is 12.6. The van der Waals surface area contributed by atoms with Gasteiger partial charge in [-0.15, -0.1) is 0 Å². The van der Waals surface area contributed by atoms with Crippen molar-refractivity contribution in [2.24, 2.45) is 5.73 Å². The second-order valence-corrected chi connectivity index (χ2v) is 5.75. The van der Waals surface area contributed by atoms with Crippen molar-refractivity contribution in [1.29, 1.82) is 0 Å². The van der Waals surface area contributed by atoms with E-state index in [0.717, 1.165) is 6.42 Å². The number of rotatable bonds is 4. The van der Waals surface area contributed by atoms with Gasteiger partial charge >= 0.3 is 0 Å². The van der Waals surface area contributed by atoms with Crippen LogP contribution in [-0.2, 0) is 9.53 Å². The van der Waals surface area contributed by atoms with E-state index in [1.54, 1.807) is 0 Å². The molecule has 0 unspecified atom stereocenters. The van der Waals surface area contributed by atoms with Gasteiger partial charge in [0, 0.05) is 6.04 Å². The third-order valence-corrected chi connectivity index (χ3v) is 3.23. The quantitative estimate of drug-likeness (QED) is 0.759. The monoisotopic (exact) mass is 228 g/mol. The highest BCUT2D eigenvalue weighted by molar-refractivity contribution is 5.79. The highest BCUT2D eigenvalue weighted by Crippen LogP contribution is 2.37. The van der Waals surface area contributed by atoms with Gasteiger partial charge in [-0.3, -0.25) is 4.79 Å². The molecule has 0 aromatic rings. The highest BCUT2D eigenvalue weighted by Gasteiger charge is 2.46. The van der Waals surface area contributed by atoms with Gasteiger partial charge in [0.25, 0.3) is 0 Å². The van der Waals surface area contributed by atoms with Crippen LogP contribution in [-0.4, -0.2) is 29.2 Å². The van der Waals surface area contributed by atoms with Gasteiger partial charge in [-0.25, -0.2) is 0 Å². The zero-order valence-corrected chi connectivity index (χ0v) is 11.0. The van der Waals surface area contributed by atoms with Gasteiger partial charge in [0.05, 0.1) is 17.2 Å². The molecule has 94 valence electrons. The summed E-state index contributed by atoms with van der Waals surface area (Å²) < 4.78 is 5.96. The minimum atomic E-state index is -0.289. The molecule has 0 saturated carbocycles. The van der Waals surface area contributed by atoms with E-state index in [-0.39, 0.29) is 29.2 Å². The molecule has 4 heteroatoms. The van der Waals surface area contributed by atoms with Crippen LogP contribution in [0.3, 0.4) is 0 Å². The fourth-order valence-electron chi connectivity index (χ4n) is 2.47. The molecule has 0 aliphatic carbocycles. The molecule has 1 fully saturated rings. The van der Waals surface area contributed by atoms with Gasteiger partial charge in [0.2, 0.25) is 5.91 Å². The van der Waals surface area contributed by atoms with Gasteiger partial charge < -0.3 is 15.8 Å². The molecule has 0 spiro atoms. The lowest BCUT2D eigenvalue weighted by molar-refractivity contribution is -0.120. The van der Waals surface area contributed by atoms with Crippen molar-refractivity contribution < 1.29 is 9.53 Å². The average molecular weight is 228 g/mol. The number of carbonyl (C=O) groups excluding carboxylic acids is 1. The minimum Gasteiger partial charge on any atom is -0.368 e. The first-order valence-electron chi connectivity index (χ1n) is 5.93. The number of nitrogens with two attached hydrogens (primary N) is 1. The van der Waals surface area contributed by atoms with Crippen molar-refractivity contribution in [3.8, 4) is 0 Å². The molecule has 16 heavy (non-hydrogen) atoms. The number of ether oxygens (including phenoxy) is 1. The van der Waals surface area contributed by atoms with Crippen LogP contribution in [0.4, 0.5) is 0 Å².